The van der Waals surface area contributed by atoms with Crippen LogP contribution in [0, 0.1) is 0 Å². The van der Waals surface area contributed by atoms with Crippen molar-refractivity contribution >= 4 is 11.8 Å². The fourth-order valence-electron chi connectivity index (χ4n) is 1.03. The average molecular weight is 201 g/mol. The molecule has 1 atom stereocenters. The topological polar surface area (TPSA) is 102 Å². The molecular weight excluding hydrogens is 182 g/mol. The second-order valence-corrected chi connectivity index (χ2v) is 3.32. The summed E-state index contributed by atoms with van der Waals surface area (Å²) in [6.45, 7) is 2.46. The van der Waals surface area contributed by atoms with Crippen LogP contribution in [0.4, 0.5) is 0 Å². The molecule has 0 saturated carbocycles. The van der Waals surface area contributed by atoms with Gasteiger partial charge in [0.15, 0.2) is 0 Å². The second kappa shape index (κ2) is 7.32. The van der Waals surface area contributed by atoms with Gasteiger partial charge in [0.1, 0.15) is 6.04 Å². The molecule has 0 aromatic heterocycles. The van der Waals surface area contributed by atoms with E-state index in [-0.39, 0.29) is 0 Å². The summed E-state index contributed by atoms with van der Waals surface area (Å²) in [7, 11) is 0. The summed E-state index contributed by atoms with van der Waals surface area (Å²) in [5.74, 6) is -0.340. The Morgan fingerprint density at radius 1 is 1.43 bits per heavy atom. The van der Waals surface area contributed by atoms with Crippen molar-refractivity contribution in [1.82, 2.24) is 0 Å². The molecule has 0 spiro atoms. The summed E-state index contributed by atoms with van der Waals surface area (Å²) in [4.78, 5) is 14.4. The lowest BCUT2D eigenvalue weighted by Gasteiger charge is -2.04. The molecule has 0 radical (unpaired) electrons. The summed E-state index contributed by atoms with van der Waals surface area (Å²) in [6, 6.07) is -0.727. The van der Waals surface area contributed by atoms with E-state index in [1.165, 1.54) is 0 Å². The summed E-state index contributed by atoms with van der Waals surface area (Å²) in [6.07, 6.45) is 3.23. The van der Waals surface area contributed by atoms with E-state index in [9.17, 15) is 4.79 Å². The van der Waals surface area contributed by atoms with Crippen molar-refractivity contribution in [3.63, 3.8) is 0 Å². The first-order valence-corrected chi connectivity index (χ1v) is 4.79. The molecule has 0 aromatic carbocycles. The van der Waals surface area contributed by atoms with E-state index in [0.29, 0.717) is 18.8 Å². The summed E-state index contributed by atoms with van der Waals surface area (Å²) >= 11 is 0. The number of carbonyl (C=O) groups is 1. The van der Waals surface area contributed by atoms with Gasteiger partial charge in [-0.3, -0.25) is 9.79 Å². The molecule has 0 saturated heterocycles. The number of carboxylic acid groups (broad SMARTS) is 1. The number of hydrogen-bond donors (Lipinski definition) is 3. The fourth-order valence-corrected chi connectivity index (χ4v) is 1.03. The van der Waals surface area contributed by atoms with Crippen LogP contribution in [0.25, 0.3) is 0 Å². The highest BCUT2D eigenvalue weighted by Gasteiger charge is 2.09. The van der Waals surface area contributed by atoms with E-state index < -0.39 is 12.0 Å². The van der Waals surface area contributed by atoms with Crippen LogP contribution >= 0.6 is 0 Å². The van der Waals surface area contributed by atoms with Crippen molar-refractivity contribution in [3.8, 4) is 0 Å². The van der Waals surface area contributed by atoms with Crippen LogP contribution in [0.2, 0.25) is 0 Å². The van der Waals surface area contributed by atoms with Gasteiger partial charge in [-0.1, -0.05) is 12.8 Å². The van der Waals surface area contributed by atoms with Crippen LogP contribution in [0.5, 0.6) is 0 Å². The van der Waals surface area contributed by atoms with Gasteiger partial charge in [-0.05, 0) is 19.8 Å². The molecule has 0 amide bonds. The number of nitrogens with two attached hydrogens (primary N) is 2. The van der Waals surface area contributed by atoms with Crippen LogP contribution in [0.3, 0.4) is 0 Å². The molecule has 0 heterocycles. The fraction of sp³-hybridized carbons (Fsp3) is 0.778. The zero-order chi connectivity index (χ0) is 11.0. The highest BCUT2D eigenvalue weighted by molar-refractivity contribution is 5.77. The van der Waals surface area contributed by atoms with E-state index in [1.54, 1.807) is 6.92 Å². The Morgan fingerprint density at radius 2 is 2.07 bits per heavy atom. The largest absolute Gasteiger partial charge is 0.480 e. The number of aliphatic imine (C=N–C) groups is 1. The summed E-state index contributed by atoms with van der Waals surface area (Å²) in [5, 5.41) is 8.49. The number of carboxylic acids is 1. The predicted octanol–water partition coefficient (Wildman–Crippen LogP) is 0.336. The molecule has 5 N–H and O–H groups in total. The molecule has 0 aliphatic carbocycles. The van der Waals surface area contributed by atoms with Gasteiger partial charge in [0.2, 0.25) is 0 Å². The number of amidine groups is 1. The Kier molecular flexibility index (Phi) is 6.74. The smallest absolute Gasteiger partial charge is 0.320 e. The third-order valence-corrected chi connectivity index (χ3v) is 1.85. The van der Waals surface area contributed by atoms with E-state index in [4.69, 9.17) is 16.6 Å². The lowest BCUT2D eigenvalue weighted by Crippen LogP contribution is -2.29. The predicted molar refractivity (Wildman–Crippen MR) is 56.2 cm³/mol. The van der Waals surface area contributed by atoms with Crippen molar-refractivity contribution in [2.24, 2.45) is 16.5 Å². The number of aliphatic carboxylic acids is 1. The first-order valence-electron chi connectivity index (χ1n) is 4.79. The van der Waals surface area contributed by atoms with Crippen molar-refractivity contribution < 1.29 is 9.90 Å². The first-order chi connectivity index (χ1) is 6.54. The van der Waals surface area contributed by atoms with Crippen molar-refractivity contribution in [3.05, 3.63) is 0 Å². The number of unbranched alkanes of at least 4 members (excludes halogenated alkanes) is 2. The minimum absolute atomic E-state index is 0.528. The van der Waals surface area contributed by atoms with Gasteiger partial charge in [-0.25, -0.2) is 0 Å². The zero-order valence-electron chi connectivity index (χ0n) is 8.57. The van der Waals surface area contributed by atoms with Crippen molar-refractivity contribution in [2.45, 2.75) is 38.6 Å². The summed E-state index contributed by atoms with van der Waals surface area (Å²) < 4.78 is 0. The molecule has 0 fully saturated rings. The van der Waals surface area contributed by atoms with Gasteiger partial charge < -0.3 is 16.6 Å². The molecule has 0 unspecified atom stereocenters. The highest BCUT2D eigenvalue weighted by atomic mass is 16.4. The minimum Gasteiger partial charge on any atom is -0.480 e. The van der Waals surface area contributed by atoms with Gasteiger partial charge in [0, 0.05) is 6.54 Å². The molecule has 14 heavy (non-hydrogen) atoms. The lowest BCUT2D eigenvalue weighted by atomic mass is 10.1. The Labute approximate surface area is 84.2 Å². The molecule has 0 aliphatic heterocycles. The molecular formula is C9H19N3O2. The summed E-state index contributed by atoms with van der Waals surface area (Å²) in [5.41, 5.74) is 10.7. The zero-order valence-corrected chi connectivity index (χ0v) is 8.57. The first kappa shape index (κ1) is 12.9. The van der Waals surface area contributed by atoms with E-state index in [0.717, 1.165) is 19.3 Å². The maximum absolute atomic E-state index is 10.3. The SMILES string of the molecule is CC(N)=NCCCCC[C@@H](N)C(=O)O. The standard InChI is InChI=1S/C9H19N3O2/c1-7(10)12-6-4-2-3-5-8(11)9(13)14/h8H,2-6,11H2,1H3,(H2,10,12)(H,13,14)/t8-/m1/s1. The van der Waals surface area contributed by atoms with Gasteiger partial charge in [-0.2, -0.15) is 0 Å². The van der Waals surface area contributed by atoms with E-state index >= 15 is 0 Å². The average Bonchev–Trinajstić information content (AvgIpc) is 2.09. The third-order valence-electron chi connectivity index (χ3n) is 1.85. The van der Waals surface area contributed by atoms with Crippen LogP contribution in [-0.4, -0.2) is 29.5 Å². The number of nitrogens with zero attached hydrogens (tertiary/aromatic N) is 1. The Hall–Kier alpha value is -1.10. The molecule has 0 aromatic rings. The van der Waals surface area contributed by atoms with Gasteiger partial charge in [0.05, 0.1) is 5.84 Å². The minimum atomic E-state index is -0.930. The van der Waals surface area contributed by atoms with Gasteiger partial charge in [0.25, 0.3) is 0 Å². The number of hydrogen-bond acceptors (Lipinski definition) is 3. The molecule has 5 nitrogen and oxygen atoms in total. The van der Waals surface area contributed by atoms with Crippen molar-refractivity contribution in [2.75, 3.05) is 6.54 Å². The quantitative estimate of drug-likeness (QED) is 0.314. The normalized spacial score (nSPS) is 14.0. The molecule has 82 valence electrons. The maximum atomic E-state index is 10.3. The van der Waals surface area contributed by atoms with Gasteiger partial charge in [-0.15, -0.1) is 0 Å². The van der Waals surface area contributed by atoms with Crippen LogP contribution < -0.4 is 11.5 Å². The van der Waals surface area contributed by atoms with Crippen LogP contribution in [0.15, 0.2) is 4.99 Å². The van der Waals surface area contributed by atoms with Crippen LogP contribution in [-0.2, 0) is 4.79 Å². The third kappa shape index (κ3) is 7.54. The molecule has 0 aliphatic rings. The van der Waals surface area contributed by atoms with E-state index in [1.807, 2.05) is 0 Å². The highest BCUT2D eigenvalue weighted by Crippen LogP contribution is 2.02. The molecule has 0 rings (SSSR count). The molecule has 5 heteroatoms. The van der Waals surface area contributed by atoms with E-state index in [2.05, 4.69) is 4.99 Å². The monoisotopic (exact) mass is 201 g/mol. The van der Waals surface area contributed by atoms with Gasteiger partial charge >= 0.3 is 5.97 Å². The second-order valence-electron chi connectivity index (χ2n) is 3.32. The number of rotatable bonds is 7. The Morgan fingerprint density at radius 3 is 2.57 bits per heavy atom. The Balaban J connectivity index is 3.30. The molecule has 0 bridgehead atoms. The van der Waals surface area contributed by atoms with Crippen LogP contribution in [0.1, 0.15) is 32.6 Å². The Bertz CT molecular complexity index is 200. The lowest BCUT2D eigenvalue weighted by molar-refractivity contribution is -0.138. The maximum Gasteiger partial charge on any atom is 0.320 e. The van der Waals surface area contributed by atoms with Crippen molar-refractivity contribution in [1.29, 1.82) is 0 Å².